The van der Waals surface area contributed by atoms with Crippen LogP contribution < -0.4 is 4.74 Å². The second kappa shape index (κ2) is 7.30. The van der Waals surface area contributed by atoms with E-state index in [1.165, 1.54) is 4.90 Å². The molecule has 1 amide bonds. The van der Waals surface area contributed by atoms with Crippen molar-refractivity contribution in [2.24, 2.45) is 0 Å². The largest absolute Gasteiger partial charge is 0.480 e. The number of hydrogen-bond acceptors (Lipinski definition) is 4. The molecule has 8 heteroatoms. The monoisotopic (exact) mass is 391 g/mol. The molecule has 22 heavy (non-hydrogen) atoms. The number of ether oxygens (including phenoxy) is 2. The van der Waals surface area contributed by atoms with E-state index >= 15 is 0 Å². The molecule has 1 N–H and O–H groups in total. The Bertz CT molecular complexity index is 582. The first-order valence-corrected chi connectivity index (χ1v) is 7.80. The minimum atomic E-state index is -1.08. The molecule has 0 aliphatic carbocycles. The number of rotatable bonds is 4. The van der Waals surface area contributed by atoms with Crippen molar-refractivity contribution in [3.05, 3.63) is 27.7 Å². The molecule has 0 unspecified atom stereocenters. The number of morpholine rings is 1. The smallest absolute Gasteiger partial charge is 0.334 e. The van der Waals surface area contributed by atoms with Gasteiger partial charge < -0.3 is 19.5 Å². The van der Waals surface area contributed by atoms with Crippen molar-refractivity contribution in [3.63, 3.8) is 0 Å². The van der Waals surface area contributed by atoms with Crippen LogP contribution in [0.1, 0.15) is 6.92 Å². The van der Waals surface area contributed by atoms with Gasteiger partial charge in [-0.25, -0.2) is 4.79 Å². The van der Waals surface area contributed by atoms with Crippen LogP contribution in [0.15, 0.2) is 22.7 Å². The highest BCUT2D eigenvalue weighted by Gasteiger charge is 2.31. The zero-order valence-corrected chi connectivity index (χ0v) is 14.1. The summed E-state index contributed by atoms with van der Waals surface area (Å²) in [7, 11) is 0. The number of benzene rings is 1. The van der Waals surface area contributed by atoms with Crippen molar-refractivity contribution in [2.75, 3.05) is 19.7 Å². The van der Waals surface area contributed by atoms with Crippen LogP contribution in [0.25, 0.3) is 0 Å². The minimum absolute atomic E-state index is 0.0175. The Morgan fingerprint density at radius 3 is 2.91 bits per heavy atom. The van der Waals surface area contributed by atoms with Crippen molar-refractivity contribution >= 4 is 39.4 Å². The molecule has 1 saturated heterocycles. The van der Waals surface area contributed by atoms with E-state index in [-0.39, 0.29) is 19.1 Å². The quantitative estimate of drug-likeness (QED) is 0.850. The van der Waals surface area contributed by atoms with Gasteiger partial charge in [0.25, 0.3) is 5.91 Å². The first-order valence-electron chi connectivity index (χ1n) is 6.63. The zero-order valence-electron chi connectivity index (χ0n) is 11.8. The second-order valence-corrected chi connectivity index (χ2v) is 6.11. The summed E-state index contributed by atoms with van der Waals surface area (Å²) in [6, 6.07) is 4.99. The summed E-state index contributed by atoms with van der Waals surface area (Å²) >= 11 is 9.17. The van der Waals surface area contributed by atoms with Gasteiger partial charge in [-0.3, -0.25) is 4.79 Å². The highest BCUT2D eigenvalue weighted by Crippen LogP contribution is 2.29. The topological polar surface area (TPSA) is 76.1 Å². The number of aliphatic carboxylic acids is 1. The summed E-state index contributed by atoms with van der Waals surface area (Å²) in [5, 5.41) is 9.51. The van der Waals surface area contributed by atoms with E-state index < -0.39 is 18.2 Å². The lowest BCUT2D eigenvalue weighted by molar-refractivity contribution is -0.161. The number of halogens is 2. The van der Waals surface area contributed by atoms with Crippen LogP contribution in [0.2, 0.25) is 5.02 Å². The lowest BCUT2D eigenvalue weighted by Gasteiger charge is -2.32. The number of hydrogen-bond donors (Lipinski definition) is 1. The lowest BCUT2D eigenvalue weighted by Crippen LogP contribution is -2.51. The summed E-state index contributed by atoms with van der Waals surface area (Å²) in [5.41, 5.74) is 0. The standard InChI is InChI=1S/C14H15BrClNO5/c1-8(22-11-3-2-9(16)6-10(11)15)13(18)17-4-5-21-12(7-17)14(19)20/h2-3,6,8,12H,4-5,7H2,1H3,(H,19,20)/t8-,12-/m0/s1. The third-order valence-electron chi connectivity index (χ3n) is 3.20. The number of carboxylic acids is 1. The van der Waals surface area contributed by atoms with Gasteiger partial charge >= 0.3 is 5.97 Å². The van der Waals surface area contributed by atoms with E-state index in [0.717, 1.165) is 0 Å². The molecule has 1 aliphatic rings. The maximum atomic E-state index is 12.4. The molecule has 1 aromatic rings. The Morgan fingerprint density at radius 1 is 1.55 bits per heavy atom. The van der Waals surface area contributed by atoms with Crippen LogP contribution in [-0.4, -0.2) is 53.8 Å². The summed E-state index contributed by atoms with van der Waals surface area (Å²) in [6.07, 6.45) is -1.74. The lowest BCUT2D eigenvalue weighted by atomic mass is 10.2. The Hall–Kier alpha value is -1.31. The van der Waals surface area contributed by atoms with Gasteiger partial charge in [-0.15, -0.1) is 0 Å². The van der Waals surface area contributed by atoms with Crippen molar-refractivity contribution in [3.8, 4) is 5.75 Å². The van der Waals surface area contributed by atoms with Crippen LogP contribution in [-0.2, 0) is 14.3 Å². The maximum absolute atomic E-state index is 12.4. The van der Waals surface area contributed by atoms with Crippen molar-refractivity contribution in [1.29, 1.82) is 0 Å². The molecule has 1 aromatic carbocycles. The summed E-state index contributed by atoms with van der Waals surface area (Å²) < 4.78 is 11.4. The van der Waals surface area contributed by atoms with E-state index in [0.29, 0.717) is 21.8 Å². The molecule has 0 radical (unpaired) electrons. The number of carbonyl (C=O) groups is 2. The van der Waals surface area contributed by atoms with E-state index in [1.807, 2.05) is 0 Å². The molecule has 2 rings (SSSR count). The van der Waals surface area contributed by atoms with E-state index in [2.05, 4.69) is 15.9 Å². The Labute approximate surface area is 141 Å². The van der Waals surface area contributed by atoms with Crippen LogP contribution >= 0.6 is 27.5 Å². The third-order valence-corrected chi connectivity index (χ3v) is 4.05. The molecular weight excluding hydrogens is 378 g/mol. The van der Waals surface area contributed by atoms with Crippen LogP contribution in [0.4, 0.5) is 0 Å². The van der Waals surface area contributed by atoms with Crippen LogP contribution in [0.3, 0.4) is 0 Å². The Morgan fingerprint density at radius 2 is 2.27 bits per heavy atom. The average molecular weight is 393 g/mol. The van der Waals surface area contributed by atoms with Gasteiger partial charge in [0.15, 0.2) is 12.2 Å². The fraction of sp³-hybridized carbons (Fsp3) is 0.429. The van der Waals surface area contributed by atoms with E-state index in [4.69, 9.17) is 26.2 Å². The van der Waals surface area contributed by atoms with Crippen LogP contribution in [0.5, 0.6) is 5.75 Å². The van der Waals surface area contributed by atoms with E-state index in [1.54, 1.807) is 25.1 Å². The van der Waals surface area contributed by atoms with Crippen molar-refractivity contribution in [2.45, 2.75) is 19.1 Å². The SMILES string of the molecule is C[C@H](Oc1ccc(Cl)cc1Br)C(=O)N1CCO[C@H](C(=O)O)C1. The van der Waals surface area contributed by atoms with Crippen LogP contribution in [0, 0.1) is 0 Å². The highest BCUT2D eigenvalue weighted by atomic mass is 79.9. The molecule has 2 atom stereocenters. The van der Waals surface area contributed by atoms with Crippen molar-refractivity contribution < 1.29 is 24.2 Å². The molecule has 0 aromatic heterocycles. The maximum Gasteiger partial charge on any atom is 0.334 e. The number of carboxylic acid groups (broad SMARTS) is 1. The molecule has 1 aliphatic heterocycles. The third kappa shape index (κ3) is 4.12. The Balaban J connectivity index is 2.01. The van der Waals surface area contributed by atoms with Gasteiger partial charge in [0.05, 0.1) is 17.6 Å². The Kier molecular flexibility index (Phi) is 5.66. The molecular formula is C14H15BrClNO5. The molecule has 120 valence electrons. The summed E-state index contributed by atoms with van der Waals surface area (Å²) in [4.78, 5) is 24.7. The zero-order chi connectivity index (χ0) is 16.3. The first-order chi connectivity index (χ1) is 10.4. The van der Waals surface area contributed by atoms with Gasteiger partial charge in [0, 0.05) is 11.6 Å². The molecule has 1 fully saturated rings. The summed E-state index contributed by atoms with van der Waals surface area (Å²) in [6.45, 7) is 2.18. The number of carbonyl (C=O) groups excluding carboxylic acids is 1. The van der Waals surface area contributed by atoms with Crippen molar-refractivity contribution in [1.82, 2.24) is 4.90 Å². The normalized spacial score (nSPS) is 19.6. The highest BCUT2D eigenvalue weighted by molar-refractivity contribution is 9.10. The van der Waals surface area contributed by atoms with Gasteiger partial charge in [-0.05, 0) is 41.1 Å². The first kappa shape index (κ1) is 17.1. The van der Waals surface area contributed by atoms with Gasteiger partial charge in [0.1, 0.15) is 5.75 Å². The van der Waals surface area contributed by atoms with Gasteiger partial charge in [-0.2, -0.15) is 0 Å². The predicted octanol–water partition coefficient (Wildman–Crippen LogP) is 2.18. The second-order valence-electron chi connectivity index (χ2n) is 4.82. The molecule has 0 spiro atoms. The molecule has 0 saturated carbocycles. The molecule has 0 bridgehead atoms. The number of nitrogens with zero attached hydrogens (tertiary/aromatic N) is 1. The van der Waals surface area contributed by atoms with E-state index in [9.17, 15) is 9.59 Å². The minimum Gasteiger partial charge on any atom is -0.480 e. The molecule has 6 nitrogen and oxygen atoms in total. The van der Waals surface area contributed by atoms with Gasteiger partial charge in [-0.1, -0.05) is 11.6 Å². The number of amides is 1. The summed E-state index contributed by atoms with van der Waals surface area (Å²) in [5.74, 6) is -0.865. The molecule has 1 heterocycles. The fourth-order valence-corrected chi connectivity index (χ4v) is 2.84. The fourth-order valence-electron chi connectivity index (χ4n) is 2.07. The van der Waals surface area contributed by atoms with Gasteiger partial charge in [0.2, 0.25) is 0 Å². The predicted molar refractivity (Wildman–Crippen MR) is 83.2 cm³/mol. The average Bonchev–Trinajstić information content (AvgIpc) is 2.49.